The highest BCUT2D eigenvalue weighted by Crippen LogP contribution is 2.16. The van der Waals surface area contributed by atoms with E-state index in [0.29, 0.717) is 37.3 Å². The number of hydrogen-bond donors (Lipinski definition) is 3. The summed E-state index contributed by atoms with van der Waals surface area (Å²) < 4.78 is 13.3. The van der Waals surface area contributed by atoms with Gasteiger partial charge in [-0.2, -0.15) is 9.89 Å². The molecule has 0 bridgehead atoms. The van der Waals surface area contributed by atoms with Gasteiger partial charge in [-0.15, -0.1) is 0 Å². The number of aromatic nitrogens is 4. The number of amides is 1. The highest BCUT2D eigenvalue weighted by molar-refractivity contribution is 5.94. The van der Waals surface area contributed by atoms with Crippen molar-refractivity contribution in [3.8, 4) is 11.3 Å². The van der Waals surface area contributed by atoms with Gasteiger partial charge in [-0.1, -0.05) is 18.2 Å². The number of rotatable bonds is 9. The summed E-state index contributed by atoms with van der Waals surface area (Å²) in [6.45, 7) is 1.26. The largest absolute Gasteiger partial charge is 0.346 e. The van der Waals surface area contributed by atoms with Gasteiger partial charge in [0.05, 0.1) is 41.6 Å². The third-order valence-electron chi connectivity index (χ3n) is 4.98. The predicted molar refractivity (Wildman–Crippen MR) is 123 cm³/mol. The summed E-state index contributed by atoms with van der Waals surface area (Å²) in [5, 5.41) is 7.11. The summed E-state index contributed by atoms with van der Waals surface area (Å²) in [6.07, 6.45) is 5.70. The van der Waals surface area contributed by atoms with Crippen molar-refractivity contribution in [3.05, 3.63) is 102 Å². The molecule has 9 heteroatoms. The fraction of sp³-hybridized carbons (Fsp3) is 0.167. The van der Waals surface area contributed by atoms with Gasteiger partial charge in [0.1, 0.15) is 5.82 Å². The monoisotopic (exact) mass is 445 g/mol. The molecular formula is C24H24FN7O. The third kappa shape index (κ3) is 5.98. The third-order valence-corrected chi connectivity index (χ3v) is 4.98. The Balaban J connectivity index is 1.30. The lowest BCUT2D eigenvalue weighted by Crippen LogP contribution is -2.23. The van der Waals surface area contributed by atoms with Crippen LogP contribution in [0.5, 0.6) is 0 Å². The van der Waals surface area contributed by atoms with Crippen LogP contribution in [0, 0.1) is 5.82 Å². The molecule has 1 amide bonds. The molecule has 3 heterocycles. The standard InChI is InChI=1S/C24H24FN7O/c25-20-4-1-3-17(11-20)9-10-29-32-16-19(14-30-32)23-8-7-18(13-27-23)24(33)28-15-22-6-2-5-21(12-26)31-22/h1-8,11,13-14,16,29H,9-10,12,15,26H2,(H,28,33). The number of pyridine rings is 2. The molecular weight excluding hydrogens is 421 g/mol. The fourth-order valence-corrected chi connectivity index (χ4v) is 3.26. The maximum atomic E-state index is 13.3. The SMILES string of the molecule is NCc1cccc(CNC(=O)c2ccc(-c3cnn(NCCc4cccc(F)c4)c3)nc2)n1. The van der Waals surface area contributed by atoms with Crippen molar-refractivity contribution in [1.82, 2.24) is 25.2 Å². The van der Waals surface area contributed by atoms with E-state index in [1.54, 1.807) is 29.2 Å². The first kappa shape index (κ1) is 22.1. The van der Waals surface area contributed by atoms with E-state index in [1.165, 1.54) is 18.3 Å². The summed E-state index contributed by atoms with van der Waals surface area (Å²) in [5.74, 6) is -0.474. The highest BCUT2D eigenvalue weighted by atomic mass is 19.1. The van der Waals surface area contributed by atoms with Crippen LogP contribution < -0.4 is 16.5 Å². The van der Waals surface area contributed by atoms with E-state index in [2.05, 4.69) is 25.8 Å². The first-order valence-electron chi connectivity index (χ1n) is 10.5. The van der Waals surface area contributed by atoms with E-state index in [9.17, 15) is 9.18 Å². The van der Waals surface area contributed by atoms with E-state index >= 15 is 0 Å². The van der Waals surface area contributed by atoms with E-state index in [-0.39, 0.29) is 11.7 Å². The molecule has 3 aromatic heterocycles. The van der Waals surface area contributed by atoms with Crippen LogP contribution in [-0.2, 0) is 19.5 Å². The minimum absolute atomic E-state index is 0.233. The molecule has 33 heavy (non-hydrogen) atoms. The summed E-state index contributed by atoms with van der Waals surface area (Å²) in [6, 6.07) is 15.6. The molecule has 0 aliphatic rings. The Labute approximate surface area is 190 Å². The summed E-state index contributed by atoms with van der Waals surface area (Å²) >= 11 is 0. The molecule has 0 spiro atoms. The van der Waals surface area contributed by atoms with E-state index in [4.69, 9.17) is 5.73 Å². The van der Waals surface area contributed by atoms with E-state index in [0.717, 1.165) is 22.5 Å². The van der Waals surface area contributed by atoms with Crippen molar-refractivity contribution in [2.45, 2.75) is 19.5 Å². The summed E-state index contributed by atoms with van der Waals surface area (Å²) in [4.78, 5) is 22.8. The lowest BCUT2D eigenvalue weighted by molar-refractivity contribution is 0.0950. The molecule has 0 radical (unpaired) electrons. The molecule has 0 aliphatic carbocycles. The lowest BCUT2D eigenvalue weighted by atomic mass is 10.1. The lowest BCUT2D eigenvalue weighted by Gasteiger charge is -2.07. The average Bonchev–Trinajstić information content (AvgIpc) is 3.32. The fourth-order valence-electron chi connectivity index (χ4n) is 3.26. The van der Waals surface area contributed by atoms with Crippen molar-refractivity contribution in [2.24, 2.45) is 5.73 Å². The van der Waals surface area contributed by atoms with Gasteiger partial charge in [-0.3, -0.25) is 14.8 Å². The first-order chi connectivity index (χ1) is 16.1. The van der Waals surface area contributed by atoms with Crippen molar-refractivity contribution < 1.29 is 9.18 Å². The smallest absolute Gasteiger partial charge is 0.253 e. The Morgan fingerprint density at radius 2 is 1.91 bits per heavy atom. The van der Waals surface area contributed by atoms with Gasteiger partial charge < -0.3 is 16.5 Å². The van der Waals surface area contributed by atoms with Crippen LogP contribution >= 0.6 is 0 Å². The second-order valence-electron chi connectivity index (χ2n) is 7.40. The topological polar surface area (TPSA) is 111 Å². The number of nitrogens with zero attached hydrogens (tertiary/aromatic N) is 4. The average molecular weight is 446 g/mol. The maximum Gasteiger partial charge on any atom is 0.253 e. The maximum absolute atomic E-state index is 13.3. The van der Waals surface area contributed by atoms with Gasteiger partial charge in [0.15, 0.2) is 0 Å². The van der Waals surface area contributed by atoms with Gasteiger partial charge in [0, 0.05) is 24.8 Å². The Hall–Kier alpha value is -4.11. The second-order valence-corrected chi connectivity index (χ2v) is 7.40. The molecule has 4 aromatic rings. The zero-order valence-corrected chi connectivity index (χ0v) is 17.9. The number of carbonyl (C=O) groups is 1. The van der Waals surface area contributed by atoms with Crippen molar-refractivity contribution in [3.63, 3.8) is 0 Å². The van der Waals surface area contributed by atoms with Crippen molar-refractivity contribution >= 4 is 5.91 Å². The van der Waals surface area contributed by atoms with Gasteiger partial charge >= 0.3 is 0 Å². The number of halogens is 1. The second kappa shape index (κ2) is 10.5. The van der Waals surface area contributed by atoms with E-state index in [1.807, 2.05) is 30.5 Å². The Morgan fingerprint density at radius 1 is 1.06 bits per heavy atom. The number of carbonyl (C=O) groups excluding carboxylic acids is 1. The molecule has 0 aliphatic heterocycles. The van der Waals surface area contributed by atoms with E-state index < -0.39 is 0 Å². The van der Waals surface area contributed by atoms with Crippen molar-refractivity contribution in [2.75, 3.05) is 12.0 Å². The van der Waals surface area contributed by atoms with Crippen LogP contribution in [-0.4, -0.2) is 32.3 Å². The molecule has 4 N–H and O–H groups in total. The number of nitrogens with one attached hydrogen (secondary N) is 2. The molecule has 0 unspecified atom stereocenters. The van der Waals surface area contributed by atoms with Gasteiger partial charge in [-0.25, -0.2) is 4.39 Å². The van der Waals surface area contributed by atoms with Crippen LogP contribution in [0.4, 0.5) is 4.39 Å². The predicted octanol–water partition coefficient (Wildman–Crippen LogP) is 2.65. The van der Waals surface area contributed by atoms with Crippen LogP contribution in [0.2, 0.25) is 0 Å². The number of nitrogens with two attached hydrogens (primary N) is 1. The molecule has 0 atom stereocenters. The summed E-state index contributed by atoms with van der Waals surface area (Å²) in [7, 11) is 0. The van der Waals surface area contributed by atoms with Gasteiger partial charge in [0.2, 0.25) is 0 Å². The molecule has 0 saturated heterocycles. The first-order valence-corrected chi connectivity index (χ1v) is 10.5. The Kier molecular flexibility index (Phi) is 7.01. The van der Waals surface area contributed by atoms with Gasteiger partial charge in [-0.05, 0) is 48.4 Å². The Bertz CT molecular complexity index is 1220. The highest BCUT2D eigenvalue weighted by Gasteiger charge is 2.09. The zero-order chi connectivity index (χ0) is 23.0. The summed E-state index contributed by atoms with van der Waals surface area (Å²) in [5.41, 5.74) is 13.1. The minimum atomic E-state index is -0.241. The zero-order valence-electron chi connectivity index (χ0n) is 17.9. The number of benzene rings is 1. The van der Waals surface area contributed by atoms with Crippen LogP contribution in [0.15, 0.2) is 73.2 Å². The van der Waals surface area contributed by atoms with Crippen LogP contribution in [0.1, 0.15) is 27.3 Å². The molecule has 168 valence electrons. The normalized spacial score (nSPS) is 10.7. The van der Waals surface area contributed by atoms with Crippen LogP contribution in [0.3, 0.4) is 0 Å². The minimum Gasteiger partial charge on any atom is -0.346 e. The molecule has 0 fully saturated rings. The van der Waals surface area contributed by atoms with Crippen LogP contribution in [0.25, 0.3) is 11.3 Å². The molecule has 8 nitrogen and oxygen atoms in total. The van der Waals surface area contributed by atoms with Crippen molar-refractivity contribution in [1.29, 1.82) is 0 Å². The molecule has 4 rings (SSSR count). The quantitative estimate of drug-likeness (QED) is 0.365. The Morgan fingerprint density at radius 3 is 2.70 bits per heavy atom. The molecule has 0 saturated carbocycles. The molecule has 1 aromatic carbocycles. The number of hydrogen-bond acceptors (Lipinski definition) is 6. The van der Waals surface area contributed by atoms with Gasteiger partial charge in [0.25, 0.3) is 5.91 Å².